The van der Waals surface area contributed by atoms with Crippen molar-refractivity contribution in [2.45, 2.75) is 37.9 Å². The molecule has 1 atom stereocenters. The number of hydrogen-bond donors (Lipinski definition) is 1. The van der Waals surface area contributed by atoms with Crippen LogP contribution in [0.1, 0.15) is 36.7 Å². The maximum Gasteiger partial charge on any atom is 0.269 e. The number of carbonyl (C=O) groups excluding carboxylic acids is 1. The van der Waals surface area contributed by atoms with E-state index in [1.807, 2.05) is 4.90 Å². The van der Waals surface area contributed by atoms with Crippen LogP contribution in [0.15, 0.2) is 12.1 Å². The topological polar surface area (TPSA) is 48.5 Å². The van der Waals surface area contributed by atoms with Gasteiger partial charge in [0.1, 0.15) is 11.4 Å². The van der Waals surface area contributed by atoms with E-state index in [0.29, 0.717) is 37.8 Å². The number of pyridine rings is 1. The summed E-state index contributed by atoms with van der Waals surface area (Å²) in [6.45, 7) is 4.38. The molecule has 5 nitrogen and oxygen atoms in total. The van der Waals surface area contributed by atoms with Crippen molar-refractivity contribution in [3.05, 3.63) is 23.8 Å². The Bertz CT molecular complexity index is 615. The quantitative estimate of drug-likeness (QED) is 0.857. The molecule has 0 bridgehead atoms. The predicted octanol–water partition coefficient (Wildman–Crippen LogP) is 1.98. The van der Waals surface area contributed by atoms with Gasteiger partial charge in [0, 0.05) is 39.3 Å². The highest BCUT2D eigenvalue weighted by Crippen LogP contribution is 2.31. The number of carbonyl (C=O) groups is 1. The number of anilines is 1. The van der Waals surface area contributed by atoms with Crippen LogP contribution in [-0.4, -0.2) is 60.7 Å². The lowest BCUT2D eigenvalue weighted by Crippen LogP contribution is -2.45. The van der Waals surface area contributed by atoms with E-state index < -0.39 is 17.5 Å². The molecule has 0 spiro atoms. The van der Waals surface area contributed by atoms with Gasteiger partial charge in [-0.15, -0.1) is 0 Å². The maximum absolute atomic E-state index is 14.2. The molecule has 0 radical (unpaired) electrons. The van der Waals surface area contributed by atoms with Crippen LogP contribution in [0.2, 0.25) is 0 Å². The first-order chi connectivity index (χ1) is 11.4. The Morgan fingerprint density at radius 3 is 2.58 bits per heavy atom. The summed E-state index contributed by atoms with van der Waals surface area (Å²) in [6, 6.07) is 3.51. The molecule has 2 fully saturated rings. The summed E-state index contributed by atoms with van der Waals surface area (Å²) in [4.78, 5) is 19.4. The standard InChI is InChI=1S/C17H24F2N4O/c1-17(19)7-10-23(11-17)12-5-8-22(9-6-12)14-4-3-13(16(24)20-2)21-15(14)18/h3-4,12H,5-11H2,1-2H3,(H,20,24). The Morgan fingerprint density at radius 2 is 2.04 bits per heavy atom. The third-order valence-corrected chi connectivity index (χ3v) is 5.06. The van der Waals surface area contributed by atoms with Gasteiger partial charge in [-0.25, -0.2) is 9.37 Å². The van der Waals surface area contributed by atoms with E-state index in [1.165, 1.54) is 7.05 Å². The number of amides is 1. The second kappa shape index (κ2) is 6.63. The van der Waals surface area contributed by atoms with Crippen molar-refractivity contribution in [2.24, 2.45) is 0 Å². The Hall–Kier alpha value is -1.76. The number of aromatic nitrogens is 1. The molecule has 3 rings (SSSR count). The van der Waals surface area contributed by atoms with Crippen molar-refractivity contribution in [3.63, 3.8) is 0 Å². The number of piperidine rings is 1. The normalized spacial score (nSPS) is 25.9. The average molecular weight is 338 g/mol. The van der Waals surface area contributed by atoms with Crippen LogP contribution in [0.3, 0.4) is 0 Å². The summed E-state index contributed by atoms with van der Waals surface area (Å²) in [5, 5.41) is 2.43. The summed E-state index contributed by atoms with van der Waals surface area (Å²) >= 11 is 0. The van der Waals surface area contributed by atoms with Crippen LogP contribution in [0.5, 0.6) is 0 Å². The Morgan fingerprint density at radius 1 is 1.33 bits per heavy atom. The molecule has 0 saturated carbocycles. The summed E-state index contributed by atoms with van der Waals surface area (Å²) in [6.07, 6.45) is 2.35. The molecule has 132 valence electrons. The zero-order chi connectivity index (χ0) is 17.3. The number of halogens is 2. The first-order valence-corrected chi connectivity index (χ1v) is 8.46. The Balaban J connectivity index is 1.62. The van der Waals surface area contributed by atoms with E-state index in [4.69, 9.17) is 0 Å². The minimum Gasteiger partial charge on any atom is -0.368 e. The van der Waals surface area contributed by atoms with Gasteiger partial charge in [0.2, 0.25) is 5.95 Å². The SMILES string of the molecule is CNC(=O)c1ccc(N2CCC(N3CCC(C)(F)C3)CC2)c(F)n1. The molecule has 1 aromatic rings. The van der Waals surface area contributed by atoms with Crippen molar-refractivity contribution < 1.29 is 13.6 Å². The van der Waals surface area contributed by atoms with Crippen molar-refractivity contribution in [3.8, 4) is 0 Å². The van der Waals surface area contributed by atoms with Gasteiger partial charge in [0.25, 0.3) is 5.91 Å². The summed E-state index contributed by atoms with van der Waals surface area (Å²) in [5.41, 5.74) is -0.575. The number of nitrogens with one attached hydrogen (secondary N) is 1. The highest BCUT2D eigenvalue weighted by atomic mass is 19.1. The fraction of sp³-hybridized carbons (Fsp3) is 0.647. The number of likely N-dealkylation sites (tertiary alicyclic amines) is 1. The molecule has 7 heteroatoms. The van der Waals surface area contributed by atoms with E-state index in [0.717, 1.165) is 19.4 Å². The molecule has 2 saturated heterocycles. The molecular formula is C17H24F2N4O. The van der Waals surface area contributed by atoms with Gasteiger partial charge in [0.15, 0.2) is 0 Å². The summed E-state index contributed by atoms with van der Waals surface area (Å²) in [7, 11) is 1.49. The van der Waals surface area contributed by atoms with E-state index in [1.54, 1.807) is 19.1 Å². The highest BCUT2D eigenvalue weighted by Gasteiger charge is 2.37. The third-order valence-electron chi connectivity index (χ3n) is 5.06. The van der Waals surface area contributed by atoms with Gasteiger partial charge >= 0.3 is 0 Å². The van der Waals surface area contributed by atoms with Gasteiger partial charge in [-0.1, -0.05) is 0 Å². The summed E-state index contributed by atoms with van der Waals surface area (Å²) < 4.78 is 28.2. The highest BCUT2D eigenvalue weighted by molar-refractivity contribution is 5.92. The van der Waals surface area contributed by atoms with Crippen LogP contribution in [0, 0.1) is 5.95 Å². The second-order valence-corrected chi connectivity index (χ2v) is 6.94. The second-order valence-electron chi connectivity index (χ2n) is 6.94. The fourth-order valence-electron chi connectivity index (χ4n) is 3.66. The largest absolute Gasteiger partial charge is 0.368 e. The molecule has 2 aliphatic rings. The smallest absolute Gasteiger partial charge is 0.269 e. The fourth-order valence-corrected chi connectivity index (χ4v) is 3.66. The van der Waals surface area contributed by atoms with Crippen LogP contribution < -0.4 is 10.2 Å². The van der Waals surface area contributed by atoms with Gasteiger partial charge in [-0.3, -0.25) is 9.69 Å². The van der Waals surface area contributed by atoms with Gasteiger partial charge < -0.3 is 10.2 Å². The van der Waals surface area contributed by atoms with Gasteiger partial charge in [0.05, 0.1) is 5.69 Å². The monoisotopic (exact) mass is 338 g/mol. The lowest BCUT2D eigenvalue weighted by atomic mass is 10.0. The molecule has 1 amide bonds. The van der Waals surface area contributed by atoms with Crippen LogP contribution in [-0.2, 0) is 0 Å². The molecule has 24 heavy (non-hydrogen) atoms. The Kier molecular flexibility index (Phi) is 4.71. The first kappa shape index (κ1) is 17.1. The number of rotatable bonds is 3. The summed E-state index contributed by atoms with van der Waals surface area (Å²) in [5.74, 6) is -1.02. The van der Waals surface area contributed by atoms with Crippen LogP contribution in [0.25, 0.3) is 0 Å². The molecule has 1 N–H and O–H groups in total. The van der Waals surface area contributed by atoms with Crippen molar-refractivity contribution in [2.75, 3.05) is 38.1 Å². The van der Waals surface area contributed by atoms with Crippen LogP contribution >= 0.6 is 0 Å². The Labute approximate surface area is 141 Å². The number of hydrogen-bond acceptors (Lipinski definition) is 4. The van der Waals surface area contributed by atoms with E-state index in [-0.39, 0.29) is 5.69 Å². The molecule has 0 aliphatic carbocycles. The molecule has 0 aromatic carbocycles. The number of alkyl halides is 1. The lowest BCUT2D eigenvalue weighted by molar-refractivity contribution is 0.0957. The van der Waals surface area contributed by atoms with Crippen LogP contribution in [0.4, 0.5) is 14.5 Å². The molecule has 3 heterocycles. The van der Waals surface area contributed by atoms with Crippen molar-refractivity contribution in [1.82, 2.24) is 15.2 Å². The lowest BCUT2D eigenvalue weighted by Gasteiger charge is -2.37. The van der Waals surface area contributed by atoms with Crippen molar-refractivity contribution >= 4 is 11.6 Å². The molecule has 1 unspecified atom stereocenters. The van der Waals surface area contributed by atoms with E-state index in [2.05, 4.69) is 15.2 Å². The van der Waals surface area contributed by atoms with E-state index in [9.17, 15) is 13.6 Å². The van der Waals surface area contributed by atoms with Crippen molar-refractivity contribution in [1.29, 1.82) is 0 Å². The predicted molar refractivity (Wildman–Crippen MR) is 88.5 cm³/mol. The average Bonchev–Trinajstić information content (AvgIpc) is 2.94. The molecular weight excluding hydrogens is 314 g/mol. The molecule has 2 aliphatic heterocycles. The maximum atomic E-state index is 14.2. The molecule has 1 aromatic heterocycles. The zero-order valence-electron chi connectivity index (χ0n) is 14.2. The first-order valence-electron chi connectivity index (χ1n) is 8.46. The van der Waals surface area contributed by atoms with E-state index >= 15 is 0 Å². The number of nitrogens with zero attached hydrogens (tertiary/aromatic N) is 3. The minimum absolute atomic E-state index is 0.0768. The minimum atomic E-state index is -1.08. The zero-order valence-corrected chi connectivity index (χ0v) is 14.2. The van der Waals surface area contributed by atoms with Gasteiger partial charge in [-0.05, 0) is 38.3 Å². The van der Waals surface area contributed by atoms with Gasteiger partial charge in [-0.2, -0.15) is 4.39 Å². The third kappa shape index (κ3) is 3.50.